The lowest BCUT2D eigenvalue weighted by Gasteiger charge is -2.16. The average molecular weight is 337 g/mol. The van der Waals surface area contributed by atoms with Crippen LogP contribution in [0.1, 0.15) is 20.1 Å². The molecule has 3 rings (SSSR count). The first-order valence-electron chi connectivity index (χ1n) is 7.66. The fraction of sp³-hybridized carbons (Fsp3) is 0.533. The molecule has 0 amide bonds. The molecule has 1 aliphatic rings. The smallest absolute Gasteiger partial charge is 0.167 e. The van der Waals surface area contributed by atoms with Crippen molar-refractivity contribution in [3.63, 3.8) is 0 Å². The van der Waals surface area contributed by atoms with Gasteiger partial charge in [0.1, 0.15) is 18.5 Å². The van der Waals surface area contributed by atoms with Crippen molar-refractivity contribution in [1.29, 1.82) is 0 Å². The maximum atomic E-state index is 13.9. The lowest BCUT2D eigenvalue weighted by Crippen LogP contribution is -2.29. The zero-order chi connectivity index (χ0) is 17.3. The number of rotatable bonds is 5. The van der Waals surface area contributed by atoms with E-state index in [2.05, 4.69) is 20.3 Å². The summed E-state index contributed by atoms with van der Waals surface area (Å²) < 4.78 is 20.8. The van der Waals surface area contributed by atoms with Crippen LogP contribution in [0, 0.1) is 0 Å². The second-order valence-corrected chi connectivity index (χ2v) is 5.89. The van der Waals surface area contributed by atoms with E-state index in [1.54, 1.807) is 0 Å². The lowest BCUT2D eigenvalue weighted by molar-refractivity contribution is -0.0495. The number of aliphatic hydroxyl groups excluding tert-OH is 2. The zero-order valence-corrected chi connectivity index (χ0v) is 13.4. The molecule has 130 valence electrons. The predicted octanol–water partition coefficient (Wildman–Crippen LogP) is 0.793. The summed E-state index contributed by atoms with van der Waals surface area (Å²) in [5.74, 6) is 0.541. The van der Waals surface area contributed by atoms with Crippen LogP contribution in [0.2, 0.25) is 0 Å². The van der Waals surface area contributed by atoms with E-state index in [4.69, 9.17) is 9.84 Å². The van der Waals surface area contributed by atoms with Crippen LogP contribution in [0.3, 0.4) is 0 Å². The molecule has 0 radical (unpaired) electrons. The molecule has 4 atom stereocenters. The predicted molar refractivity (Wildman–Crippen MR) is 85.1 cm³/mol. The van der Waals surface area contributed by atoms with E-state index in [-0.39, 0.29) is 0 Å². The van der Waals surface area contributed by atoms with Crippen molar-refractivity contribution in [2.24, 2.45) is 0 Å². The minimum atomic E-state index is -1.67. The second kappa shape index (κ2) is 6.80. The number of ether oxygens (including phenoxy) is 1. The normalized spacial score (nSPS) is 26.7. The van der Waals surface area contributed by atoms with Gasteiger partial charge in [0.25, 0.3) is 0 Å². The summed E-state index contributed by atoms with van der Waals surface area (Å²) in [6, 6.07) is 0. The Bertz CT molecular complexity index is 746. The Morgan fingerprint density at radius 2 is 2.21 bits per heavy atom. The van der Waals surface area contributed by atoms with Gasteiger partial charge in [0.15, 0.2) is 29.4 Å². The van der Waals surface area contributed by atoms with E-state index in [0.717, 1.165) is 0 Å². The third kappa shape index (κ3) is 2.97. The molecule has 2 aromatic rings. The summed E-state index contributed by atoms with van der Waals surface area (Å²) in [7, 11) is 0. The largest absolute Gasteiger partial charge is 0.394 e. The first-order chi connectivity index (χ1) is 11.5. The fourth-order valence-corrected chi connectivity index (χ4v) is 2.61. The average Bonchev–Trinajstić information content (AvgIpc) is 3.10. The summed E-state index contributed by atoms with van der Waals surface area (Å²) in [5.41, 5.74) is 2.09. The maximum Gasteiger partial charge on any atom is 0.167 e. The van der Waals surface area contributed by atoms with Crippen molar-refractivity contribution >= 4 is 17.0 Å². The number of fused-ring (bicyclic) bond motifs is 1. The number of imidazole rings is 1. The molecule has 8 nitrogen and oxygen atoms in total. The van der Waals surface area contributed by atoms with Crippen LogP contribution in [-0.4, -0.2) is 61.3 Å². The summed E-state index contributed by atoms with van der Waals surface area (Å²) in [6.07, 6.45) is -0.350. The van der Waals surface area contributed by atoms with Crippen molar-refractivity contribution in [2.75, 3.05) is 18.5 Å². The number of aromatic nitrogens is 4. The minimum Gasteiger partial charge on any atom is -0.394 e. The summed E-state index contributed by atoms with van der Waals surface area (Å²) >= 11 is 0. The molecular formula is C15H20FN5O3. The van der Waals surface area contributed by atoms with Gasteiger partial charge in [0, 0.05) is 6.54 Å². The molecule has 1 aliphatic heterocycles. The highest BCUT2D eigenvalue weighted by Crippen LogP contribution is 2.33. The van der Waals surface area contributed by atoms with Crippen LogP contribution < -0.4 is 5.32 Å². The highest BCUT2D eigenvalue weighted by molar-refractivity contribution is 5.82. The number of aliphatic hydroxyl groups is 2. The molecule has 1 saturated heterocycles. The van der Waals surface area contributed by atoms with Crippen LogP contribution in [0.4, 0.5) is 10.2 Å². The standard InChI is InChI=1S/C15H20FN5O3/c1-8(2)3-4-17-13-11-14(19-6-18-13)21(7-20-11)15-12(23)10(16)9(5-22)24-15/h3,6-7,9-10,12,15,22-23H,4-5H2,1-2H3,(H,17,18,19)/t9-,10-,12-,15-/m1/s1. The zero-order valence-electron chi connectivity index (χ0n) is 13.4. The summed E-state index contributed by atoms with van der Waals surface area (Å²) in [4.78, 5) is 12.6. The molecule has 24 heavy (non-hydrogen) atoms. The topological polar surface area (TPSA) is 105 Å². The first kappa shape index (κ1) is 16.7. The Balaban J connectivity index is 1.90. The van der Waals surface area contributed by atoms with Crippen molar-refractivity contribution in [3.05, 3.63) is 24.3 Å². The Kier molecular flexibility index (Phi) is 4.74. The van der Waals surface area contributed by atoms with E-state index in [1.807, 2.05) is 19.9 Å². The summed E-state index contributed by atoms with van der Waals surface area (Å²) in [5, 5.41) is 22.3. The number of anilines is 1. The molecule has 1 fully saturated rings. The highest BCUT2D eigenvalue weighted by Gasteiger charge is 2.45. The molecule has 0 spiro atoms. The SMILES string of the molecule is CC(C)=CCNc1ncnc2c1ncn2[C@@H]1O[C@H](CO)[C@@H](F)[C@H]1O. The van der Waals surface area contributed by atoms with Gasteiger partial charge in [-0.1, -0.05) is 11.6 Å². The molecule has 9 heteroatoms. The van der Waals surface area contributed by atoms with Gasteiger partial charge in [-0.05, 0) is 13.8 Å². The monoisotopic (exact) mass is 337 g/mol. The van der Waals surface area contributed by atoms with Crippen molar-refractivity contribution < 1.29 is 19.3 Å². The van der Waals surface area contributed by atoms with E-state index in [0.29, 0.717) is 23.5 Å². The number of hydrogen-bond donors (Lipinski definition) is 3. The van der Waals surface area contributed by atoms with E-state index >= 15 is 0 Å². The molecule has 2 aromatic heterocycles. The third-order valence-electron chi connectivity index (χ3n) is 3.88. The summed E-state index contributed by atoms with van der Waals surface area (Å²) in [6.45, 7) is 4.07. The van der Waals surface area contributed by atoms with Crippen LogP contribution >= 0.6 is 0 Å². The van der Waals surface area contributed by atoms with Gasteiger partial charge < -0.3 is 20.3 Å². The molecule has 3 N–H and O–H groups in total. The Labute approximate surface area is 138 Å². The molecule has 0 saturated carbocycles. The van der Waals surface area contributed by atoms with E-state index in [1.165, 1.54) is 22.8 Å². The van der Waals surface area contributed by atoms with Gasteiger partial charge in [-0.2, -0.15) is 0 Å². The van der Waals surface area contributed by atoms with Crippen LogP contribution in [0.5, 0.6) is 0 Å². The Morgan fingerprint density at radius 1 is 1.42 bits per heavy atom. The van der Waals surface area contributed by atoms with E-state index < -0.39 is 31.2 Å². The molecular weight excluding hydrogens is 317 g/mol. The van der Waals surface area contributed by atoms with E-state index in [9.17, 15) is 9.50 Å². The van der Waals surface area contributed by atoms with Crippen LogP contribution in [0.25, 0.3) is 11.2 Å². The molecule has 3 heterocycles. The van der Waals surface area contributed by atoms with Gasteiger partial charge in [-0.3, -0.25) is 4.57 Å². The Morgan fingerprint density at radius 3 is 2.88 bits per heavy atom. The van der Waals surface area contributed by atoms with Crippen molar-refractivity contribution in [1.82, 2.24) is 19.5 Å². The first-order valence-corrected chi connectivity index (χ1v) is 7.66. The molecule has 0 aliphatic carbocycles. The maximum absolute atomic E-state index is 13.9. The molecule has 0 aromatic carbocycles. The third-order valence-corrected chi connectivity index (χ3v) is 3.88. The van der Waals surface area contributed by atoms with Gasteiger partial charge in [-0.25, -0.2) is 19.3 Å². The number of hydrogen-bond acceptors (Lipinski definition) is 7. The second-order valence-electron chi connectivity index (χ2n) is 5.89. The van der Waals surface area contributed by atoms with Gasteiger partial charge in [-0.15, -0.1) is 0 Å². The van der Waals surface area contributed by atoms with Crippen molar-refractivity contribution in [3.8, 4) is 0 Å². The number of nitrogens with zero attached hydrogens (tertiary/aromatic N) is 4. The van der Waals surface area contributed by atoms with Crippen LogP contribution in [0.15, 0.2) is 24.3 Å². The number of allylic oxidation sites excluding steroid dienone is 1. The number of nitrogens with one attached hydrogen (secondary N) is 1. The quantitative estimate of drug-likeness (QED) is 0.693. The number of halogens is 1. The minimum absolute atomic E-state index is 0.416. The van der Waals surface area contributed by atoms with Gasteiger partial charge in [0.05, 0.1) is 12.9 Å². The van der Waals surface area contributed by atoms with Gasteiger partial charge >= 0.3 is 0 Å². The fourth-order valence-electron chi connectivity index (χ4n) is 2.61. The molecule has 0 bridgehead atoms. The lowest BCUT2D eigenvalue weighted by atomic mass is 10.1. The number of alkyl halides is 1. The van der Waals surface area contributed by atoms with Gasteiger partial charge in [0.2, 0.25) is 0 Å². The molecule has 0 unspecified atom stereocenters. The Hall–Kier alpha value is -2.10. The highest BCUT2D eigenvalue weighted by atomic mass is 19.1. The van der Waals surface area contributed by atoms with Crippen LogP contribution in [-0.2, 0) is 4.74 Å². The van der Waals surface area contributed by atoms with Crippen molar-refractivity contribution in [2.45, 2.75) is 38.5 Å².